The molecule has 0 fully saturated rings. The lowest BCUT2D eigenvalue weighted by molar-refractivity contribution is 0.0944. The van der Waals surface area contributed by atoms with Crippen molar-refractivity contribution in [3.63, 3.8) is 0 Å². The van der Waals surface area contributed by atoms with E-state index in [1.165, 1.54) is 0 Å². The van der Waals surface area contributed by atoms with Crippen molar-refractivity contribution in [2.45, 2.75) is 0 Å². The fourth-order valence-corrected chi connectivity index (χ4v) is 4.00. The summed E-state index contributed by atoms with van der Waals surface area (Å²) < 4.78 is 0. The number of carbonyl (C=O) groups excluding carboxylic acids is 3. The van der Waals surface area contributed by atoms with Crippen molar-refractivity contribution < 1.29 is 14.4 Å². The molecule has 0 aliphatic rings. The molecule has 4 rings (SSSR count). The monoisotopic (exact) mass is 581 g/mol. The molecular weight excluding hydrogens is 554 g/mol. The molecule has 0 spiro atoms. The molecule has 0 bridgehead atoms. The number of rotatable bonds is 10. The highest BCUT2D eigenvalue weighted by molar-refractivity contribution is 6.08. The smallest absolute Gasteiger partial charge is 0.272 e. The van der Waals surface area contributed by atoms with Crippen LogP contribution in [0, 0.1) is 22.9 Å². The van der Waals surface area contributed by atoms with Crippen molar-refractivity contribution in [2.75, 3.05) is 31.5 Å². The number of amides is 3. The number of hydrogen-bond donors (Lipinski definition) is 9. The quantitative estimate of drug-likeness (QED) is 0.0404. The molecule has 2 aromatic carbocycles. The second-order valence-corrected chi connectivity index (χ2v) is 8.94. The average molecular weight is 582 g/mol. The molecule has 0 radical (unpaired) electrons. The number of guanidine groups is 2. The molecule has 43 heavy (non-hydrogen) atoms. The number of benzene rings is 2. The first-order chi connectivity index (χ1) is 20.8. The van der Waals surface area contributed by atoms with Crippen molar-refractivity contribution in [1.29, 1.82) is 10.5 Å². The standard InChI is InChI=1S/C27H27N13O3/c28-13-36-26(30)34-7-5-32-23(41)16-2-4-19-17(9-16)11-22(39-19)25(43)38-18-3-1-15-10-21(40-20(15)12-18)24(42)33-6-8-35-27(31)37-14-29/h1-4,9-12,39-40H,5-8H2,(H,32,41)(H,33,42)(H,38,43)(H3,30,34,36)(H3,31,35,37). The van der Waals surface area contributed by atoms with Gasteiger partial charge in [-0.05, 0) is 42.5 Å². The molecule has 218 valence electrons. The van der Waals surface area contributed by atoms with Crippen LogP contribution < -0.4 is 38.1 Å². The van der Waals surface area contributed by atoms with E-state index >= 15 is 0 Å². The molecule has 0 aliphatic heterocycles. The van der Waals surface area contributed by atoms with Crippen LogP contribution in [-0.2, 0) is 0 Å². The van der Waals surface area contributed by atoms with Crippen molar-refractivity contribution in [2.24, 2.45) is 21.5 Å². The van der Waals surface area contributed by atoms with Gasteiger partial charge in [0, 0.05) is 46.1 Å². The van der Waals surface area contributed by atoms with Crippen LogP contribution in [0.1, 0.15) is 31.3 Å². The van der Waals surface area contributed by atoms with Gasteiger partial charge in [0.25, 0.3) is 17.7 Å². The number of aliphatic imine (C=N–C) groups is 2. The number of nitrogens with two attached hydrogens (primary N) is 2. The third kappa shape index (κ3) is 7.77. The summed E-state index contributed by atoms with van der Waals surface area (Å²) >= 11 is 0. The van der Waals surface area contributed by atoms with E-state index in [2.05, 4.69) is 46.5 Å². The van der Waals surface area contributed by atoms with Gasteiger partial charge in [-0.3, -0.25) is 35.0 Å². The Hall–Kier alpha value is -6.55. The van der Waals surface area contributed by atoms with Crippen LogP contribution >= 0.6 is 0 Å². The number of anilines is 1. The lowest BCUT2D eigenvalue weighted by Crippen LogP contribution is -2.30. The number of nitrogens with one attached hydrogen (secondary N) is 7. The molecule has 0 saturated heterocycles. The predicted molar refractivity (Wildman–Crippen MR) is 160 cm³/mol. The van der Waals surface area contributed by atoms with E-state index in [-0.39, 0.29) is 49.9 Å². The van der Waals surface area contributed by atoms with Crippen molar-refractivity contribution >= 4 is 57.1 Å². The minimum Gasteiger partial charge on any atom is -0.369 e. The summed E-state index contributed by atoms with van der Waals surface area (Å²) in [6.45, 7) is 0.822. The largest absolute Gasteiger partial charge is 0.369 e. The lowest BCUT2D eigenvalue weighted by atomic mass is 10.1. The Morgan fingerprint density at radius 2 is 1.33 bits per heavy atom. The number of hydrogen-bond acceptors (Lipinski definition) is 7. The van der Waals surface area contributed by atoms with Crippen LogP contribution in [0.25, 0.3) is 21.8 Å². The number of fused-ring (bicyclic) bond motifs is 2. The highest BCUT2D eigenvalue weighted by Gasteiger charge is 2.14. The summed E-state index contributed by atoms with van der Waals surface area (Å²) in [5.41, 5.74) is 13.8. The minimum absolute atomic E-state index is 0.0336. The van der Waals surface area contributed by atoms with E-state index in [9.17, 15) is 14.4 Å². The van der Waals surface area contributed by atoms with Crippen LogP contribution in [0.4, 0.5) is 5.69 Å². The molecule has 2 aromatic heterocycles. The van der Waals surface area contributed by atoms with E-state index in [4.69, 9.17) is 22.0 Å². The Morgan fingerprint density at radius 1 is 0.721 bits per heavy atom. The molecule has 0 unspecified atom stereocenters. The molecular formula is C27H27N13O3. The minimum atomic E-state index is -0.391. The first-order valence-electron chi connectivity index (χ1n) is 12.8. The van der Waals surface area contributed by atoms with Crippen LogP contribution in [-0.4, -0.2) is 65.8 Å². The molecule has 16 heteroatoms. The van der Waals surface area contributed by atoms with Gasteiger partial charge in [0.1, 0.15) is 11.4 Å². The topological polar surface area (TPSA) is 267 Å². The van der Waals surface area contributed by atoms with Crippen molar-refractivity contribution in [3.8, 4) is 12.4 Å². The molecule has 0 atom stereocenters. The zero-order valence-electron chi connectivity index (χ0n) is 22.6. The van der Waals surface area contributed by atoms with Gasteiger partial charge in [-0.1, -0.05) is 6.07 Å². The number of H-pyrrole nitrogens is 2. The Labute approximate surface area is 244 Å². The van der Waals surface area contributed by atoms with E-state index < -0.39 is 5.91 Å². The van der Waals surface area contributed by atoms with E-state index in [0.29, 0.717) is 39.1 Å². The first kappa shape index (κ1) is 29.4. The fraction of sp³-hybridized carbons (Fsp3) is 0.148. The SMILES string of the molecule is N#CNC(N)=NCCNC(=O)c1ccc2[nH]c(C(=O)Nc3ccc4cc(C(=O)NCCN=C(N)NC#N)[nH]c4c3)cc2c1. The van der Waals surface area contributed by atoms with Gasteiger partial charge in [0.05, 0.1) is 13.1 Å². The Kier molecular flexibility index (Phi) is 9.37. The third-order valence-corrected chi connectivity index (χ3v) is 5.98. The fourth-order valence-electron chi connectivity index (χ4n) is 4.00. The second-order valence-electron chi connectivity index (χ2n) is 8.94. The average Bonchev–Trinajstić information content (AvgIpc) is 3.61. The molecule has 4 aromatic rings. The zero-order chi connectivity index (χ0) is 30.8. The maximum Gasteiger partial charge on any atom is 0.272 e. The maximum absolute atomic E-state index is 13.0. The van der Waals surface area contributed by atoms with Crippen LogP contribution in [0.3, 0.4) is 0 Å². The van der Waals surface area contributed by atoms with Crippen LogP contribution in [0.5, 0.6) is 0 Å². The first-order valence-corrected chi connectivity index (χ1v) is 12.8. The van der Waals surface area contributed by atoms with Crippen molar-refractivity contribution in [1.82, 2.24) is 31.2 Å². The van der Waals surface area contributed by atoms with E-state index in [1.807, 2.05) is 0 Å². The summed E-state index contributed by atoms with van der Waals surface area (Å²) in [5, 5.41) is 31.0. The lowest BCUT2D eigenvalue weighted by Gasteiger charge is -2.04. The highest BCUT2D eigenvalue weighted by atomic mass is 16.2. The summed E-state index contributed by atoms with van der Waals surface area (Å²) in [6.07, 6.45) is 3.31. The molecule has 11 N–H and O–H groups in total. The number of aromatic nitrogens is 2. The maximum atomic E-state index is 13.0. The number of carbonyl (C=O) groups is 3. The molecule has 0 aliphatic carbocycles. The Morgan fingerprint density at radius 3 is 2.00 bits per heavy atom. The van der Waals surface area contributed by atoms with Gasteiger partial charge in [-0.15, -0.1) is 0 Å². The van der Waals surface area contributed by atoms with E-state index in [1.54, 1.807) is 60.9 Å². The third-order valence-electron chi connectivity index (χ3n) is 5.98. The highest BCUT2D eigenvalue weighted by Crippen LogP contribution is 2.22. The molecule has 2 heterocycles. The van der Waals surface area contributed by atoms with Gasteiger partial charge in [-0.25, -0.2) is 0 Å². The van der Waals surface area contributed by atoms with Crippen LogP contribution in [0.15, 0.2) is 58.5 Å². The Bertz CT molecular complexity index is 1820. The predicted octanol–water partition coefficient (Wildman–Crippen LogP) is 0.132. The van der Waals surface area contributed by atoms with Gasteiger partial charge in [0.15, 0.2) is 12.4 Å². The van der Waals surface area contributed by atoms with Gasteiger partial charge < -0.3 is 37.4 Å². The van der Waals surface area contributed by atoms with Crippen LogP contribution in [0.2, 0.25) is 0 Å². The van der Waals surface area contributed by atoms with Gasteiger partial charge in [-0.2, -0.15) is 10.5 Å². The number of nitrogens with zero attached hydrogens (tertiary/aromatic N) is 4. The normalized spacial score (nSPS) is 11.4. The molecule has 0 saturated carbocycles. The number of nitriles is 2. The summed E-state index contributed by atoms with van der Waals surface area (Å²) in [6, 6.07) is 13.5. The second kappa shape index (κ2) is 13.7. The van der Waals surface area contributed by atoms with Crippen molar-refractivity contribution in [3.05, 3.63) is 65.5 Å². The molecule has 3 amide bonds. The summed E-state index contributed by atoms with van der Waals surface area (Å²) in [5.74, 6) is -1.13. The summed E-state index contributed by atoms with van der Waals surface area (Å²) in [4.78, 5) is 51.8. The number of aromatic amines is 2. The zero-order valence-corrected chi connectivity index (χ0v) is 22.6. The van der Waals surface area contributed by atoms with Gasteiger partial charge >= 0.3 is 0 Å². The summed E-state index contributed by atoms with van der Waals surface area (Å²) in [7, 11) is 0. The Balaban J connectivity index is 1.36. The van der Waals surface area contributed by atoms with E-state index in [0.717, 1.165) is 5.39 Å². The van der Waals surface area contributed by atoms with Gasteiger partial charge in [0.2, 0.25) is 11.9 Å². The molecule has 16 nitrogen and oxygen atoms in total.